The van der Waals surface area contributed by atoms with Gasteiger partial charge in [0.05, 0.1) is 18.3 Å². The highest BCUT2D eigenvalue weighted by molar-refractivity contribution is 5.94. The fraction of sp³-hybridized carbons (Fsp3) is 0.667. The van der Waals surface area contributed by atoms with Gasteiger partial charge in [0.1, 0.15) is 5.82 Å². The Bertz CT molecular complexity index is 412. The van der Waals surface area contributed by atoms with E-state index in [2.05, 4.69) is 15.7 Å². The van der Waals surface area contributed by atoms with Crippen LogP contribution in [0.5, 0.6) is 0 Å². The van der Waals surface area contributed by atoms with Crippen molar-refractivity contribution in [2.45, 2.75) is 32.4 Å². The number of rotatable bonds is 5. The van der Waals surface area contributed by atoms with E-state index in [1.165, 1.54) is 0 Å². The highest BCUT2D eigenvalue weighted by Gasteiger charge is 2.24. The number of nitrogens with zero attached hydrogens (tertiary/aromatic N) is 2. The largest absolute Gasteiger partial charge is 0.320 e. The molecule has 1 amide bonds. The summed E-state index contributed by atoms with van der Waals surface area (Å²) < 4.78 is 1.84. The summed E-state index contributed by atoms with van der Waals surface area (Å²) in [4.78, 5) is 12.0. The summed E-state index contributed by atoms with van der Waals surface area (Å²) in [5.41, 5.74) is 5.91. The van der Waals surface area contributed by atoms with Gasteiger partial charge in [-0.15, -0.1) is 0 Å². The van der Waals surface area contributed by atoms with Crippen molar-refractivity contribution in [3.8, 4) is 0 Å². The molecule has 1 aromatic heterocycles. The van der Waals surface area contributed by atoms with Gasteiger partial charge in [-0.1, -0.05) is 20.3 Å². The molecule has 1 aromatic rings. The quantitative estimate of drug-likeness (QED) is 0.704. The van der Waals surface area contributed by atoms with E-state index in [0.717, 1.165) is 25.3 Å². The van der Waals surface area contributed by atoms with E-state index in [-0.39, 0.29) is 11.8 Å². The minimum Gasteiger partial charge on any atom is -0.320 e. The predicted octanol–water partition coefficient (Wildman–Crippen LogP) is 0.339. The third-order valence-electron chi connectivity index (χ3n) is 3.59. The van der Waals surface area contributed by atoms with Crippen LogP contribution in [0.25, 0.3) is 0 Å². The highest BCUT2D eigenvalue weighted by atomic mass is 16.2. The first-order valence-corrected chi connectivity index (χ1v) is 6.44. The van der Waals surface area contributed by atoms with E-state index in [1.807, 2.05) is 18.5 Å². The summed E-state index contributed by atoms with van der Waals surface area (Å²) in [6.07, 6.45) is 2.59. The third kappa shape index (κ3) is 2.54. The zero-order chi connectivity index (χ0) is 13.1. The molecule has 2 heterocycles. The van der Waals surface area contributed by atoms with E-state index in [9.17, 15) is 4.79 Å². The molecule has 1 saturated heterocycles. The lowest BCUT2D eigenvalue weighted by molar-refractivity contribution is -0.118. The van der Waals surface area contributed by atoms with Crippen LogP contribution < -0.4 is 16.4 Å². The first-order chi connectivity index (χ1) is 8.63. The van der Waals surface area contributed by atoms with Gasteiger partial charge in [0.15, 0.2) is 0 Å². The average Bonchev–Trinajstić information content (AvgIpc) is 2.73. The van der Waals surface area contributed by atoms with Crippen LogP contribution in [0, 0.1) is 5.92 Å². The second-order valence-electron chi connectivity index (χ2n) is 4.87. The van der Waals surface area contributed by atoms with Gasteiger partial charge in [-0.3, -0.25) is 4.79 Å². The van der Waals surface area contributed by atoms with Crippen molar-refractivity contribution in [2.75, 3.05) is 18.4 Å². The lowest BCUT2D eigenvalue weighted by Gasteiger charge is -2.29. The molecule has 0 unspecified atom stereocenters. The number of hydrogen-bond donors (Lipinski definition) is 3. The third-order valence-corrected chi connectivity index (χ3v) is 3.59. The Morgan fingerprint density at radius 1 is 1.72 bits per heavy atom. The van der Waals surface area contributed by atoms with E-state index in [4.69, 9.17) is 5.73 Å². The van der Waals surface area contributed by atoms with Crippen molar-refractivity contribution in [3.63, 3.8) is 0 Å². The van der Waals surface area contributed by atoms with Crippen LogP contribution in [0.1, 0.15) is 26.3 Å². The van der Waals surface area contributed by atoms with Crippen LogP contribution in [0.2, 0.25) is 0 Å². The summed E-state index contributed by atoms with van der Waals surface area (Å²) in [6, 6.07) is 1.66. The van der Waals surface area contributed by atoms with Gasteiger partial charge in [-0.25, -0.2) is 4.68 Å². The van der Waals surface area contributed by atoms with Crippen LogP contribution >= 0.6 is 0 Å². The number of carbonyl (C=O) groups is 1. The van der Waals surface area contributed by atoms with E-state index < -0.39 is 6.04 Å². The molecule has 0 aliphatic carbocycles. The van der Waals surface area contributed by atoms with E-state index in [0.29, 0.717) is 6.04 Å². The fourth-order valence-electron chi connectivity index (χ4n) is 1.87. The first kappa shape index (κ1) is 13.0. The Balaban J connectivity index is 2.00. The molecule has 6 nitrogen and oxygen atoms in total. The standard InChI is InChI=1S/C12H21N5O/c1-3-8(2)11(13)12(18)16-10-4-5-15-17(10)9-6-14-7-9/h4-5,8-9,11,14H,3,6-7,13H2,1-2H3,(H,16,18)/t8-,11-/m0/s1. The van der Waals surface area contributed by atoms with Crippen molar-refractivity contribution in [3.05, 3.63) is 12.3 Å². The van der Waals surface area contributed by atoms with Crippen molar-refractivity contribution in [2.24, 2.45) is 11.7 Å². The smallest absolute Gasteiger partial charge is 0.242 e. The lowest BCUT2D eigenvalue weighted by atomic mass is 9.99. The number of aromatic nitrogens is 2. The molecule has 0 radical (unpaired) electrons. The Kier molecular flexibility index (Phi) is 3.98. The van der Waals surface area contributed by atoms with Gasteiger partial charge in [-0.05, 0) is 5.92 Å². The summed E-state index contributed by atoms with van der Waals surface area (Å²) >= 11 is 0. The van der Waals surface area contributed by atoms with E-state index in [1.54, 1.807) is 12.3 Å². The molecule has 6 heteroatoms. The Morgan fingerprint density at radius 2 is 2.44 bits per heavy atom. The number of carbonyl (C=O) groups excluding carboxylic acids is 1. The van der Waals surface area contributed by atoms with Crippen molar-refractivity contribution in [1.82, 2.24) is 15.1 Å². The van der Waals surface area contributed by atoms with Crippen LogP contribution in [0.4, 0.5) is 5.82 Å². The molecule has 1 fully saturated rings. The van der Waals surface area contributed by atoms with Crippen LogP contribution in [-0.2, 0) is 4.79 Å². The minimum absolute atomic E-state index is 0.140. The maximum Gasteiger partial charge on any atom is 0.242 e. The number of nitrogens with one attached hydrogen (secondary N) is 2. The number of anilines is 1. The van der Waals surface area contributed by atoms with Crippen LogP contribution in [0.15, 0.2) is 12.3 Å². The summed E-state index contributed by atoms with van der Waals surface area (Å²) in [5, 5.41) is 10.3. The van der Waals surface area contributed by atoms with Gasteiger partial charge >= 0.3 is 0 Å². The predicted molar refractivity (Wildman–Crippen MR) is 70.2 cm³/mol. The molecule has 18 heavy (non-hydrogen) atoms. The van der Waals surface area contributed by atoms with Crippen LogP contribution in [-0.4, -0.2) is 34.8 Å². The first-order valence-electron chi connectivity index (χ1n) is 6.44. The lowest BCUT2D eigenvalue weighted by Crippen LogP contribution is -2.45. The second-order valence-corrected chi connectivity index (χ2v) is 4.87. The van der Waals surface area contributed by atoms with Crippen molar-refractivity contribution < 1.29 is 4.79 Å². The maximum absolute atomic E-state index is 12.0. The Hall–Kier alpha value is -1.40. The molecule has 0 aromatic carbocycles. The Labute approximate surface area is 107 Å². The van der Waals surface area contributed by atoms with Gasteiger partial charge in [0, 0.05) is 19.2 Å². The van der Waals surface area contributed by atoms with E-state index >= 15 is 0 Å². The number of hydrogen-bond acceptors (Lipinski definition) is 4. The molecule has 0 bridgehead atoms. The average molecular weight is 251 g/mol. The summed E-state index contributed by atoms with van der Waals surface area (Å²) in [7, 11) is 0. The molecule has 0 saturated carbocycles. The monoisotopic (exact) mass is 251 g/mol. The highest BCUT2D eigenvalue weighted by Crippen LogP contribution is 2.18. The van der Waals surface area contributed by atoms with Crippen molar-refractivity contribution in [1.29, 1.82) is 0 Å². The Morgan fingerprint density at radius 3 is 3.00 bits per heavy atom. The number of amides is 1. The van der Waals surface area contributed by atoms with Crippen LogP contribution in [0.3, 0.4) is 0 Å². The topological polar surface area (TPSA) is 85.0 Å². The molecule has 2 rings (SSSR count). The maximum atomic E-state index is 12.0. The second kappa shape index (κ2) is 5.49. The molecule has 1 aliphatic rings. The fourth-order valence-corrected chi connectivity index (χ4v) is 1.87. The molecule has 4 N–H and O–H groups in total. The molecule has 100 valence electrons. The van der Waals surface area contributed by atoms with Crippen molar-refractivity contribution >= 4 is 11.7 Å². The molecular weight excluding hydrogens is 230 g/mol. The molecule has 0 spiro atoms. The number of nitrogens with two attached hydrogens (primary N) is 1. The normalized spacial score (nSPS) is 19.1. The van der Waals surface area contributed by atoms with Gasteiger partial charge < -0.3 is 16.4 Å². The molecule has 2 atom stereocenters. The molecule has 1 aliphatic heterocycles. The van der Waals surface area contributed by atoms with Gasteiger partial charge in [-0.2, -0.15) is 5.10 Å². The zero-order valence-electron chi connectivity index (χ0n) is 10.9. The SMILES string of the molecule is CC[C@H](C)[C@H](N)C(=O)Nc1ccnn1C1CNC1. The summed E-state index contributed by atoms with van der Waals surface area (Å²) in [5.74, 6) is 0.760. The van der Waals surface area contributed by atoms with Gasteiger partial charge in [0.2, 0.25) is 5.91 Å². The zero-order valence-corrected chi connectivity index (χ0v) is 10.9. The minimum atomic E-state index is -0.474. The van der Waals surface area contributed by atoms with Gasteiger partial charge in [0.25, 0.3) is 0 Å². The molecular formula is C12H21N5O. The summed E-state index contributed by atoms with van der Waals surface area (Å²) in [6.45, 7) is 5.80.